The number of nitrogens with two attached hydrogens (primary N) is 1. The average molecular weight is 266 g/mol. The van der Waals surface area contributed by atoms with Crippen LogP contribution in [0.15, 0.2) is 23.1 Å². The van der Waals surface area contributed by atoms with Crippen LogP contribution in [0.1, 0.15) is 18.4 Å². The third kappa shape index (κ3) is 3.19. The highest BCUT2D eigenvalue weighted by Crippen LogP contribution is 2.30. The highest BCUT2D eigenvalue weighted by atomic mass is 32.2. The van der Waals surface area contributed by atoms with Crippen LogP contribution in [0.4, 0.5) is 0 Å². The van der Waals surface area contributed by atoms with Gasteiger partial charge < -0.3 is 15.4 Å². The van der Waals surface area contributed by atoms with Crippen molar-refractivity contribution in [1.82, 2.24) is 4.90 Å². The molecule has 0 amide bonds. The van der Waals surface area contributed by atoms with Crippen molar-refractivity contribution in [2.24, 2.45) is 5.73 Å². The fourth-order valence-corrected chi connectivity index (χ4v) is 2.98. The van der Waals surface area contributed by atoms with E-state index in [4.69, 9.17) is 10.5 Å². The Hall–Kier alpha value is -0.710. The molecule has 1 aliphatic rings. The van der Waals surface area contributed by atoms with E-state index < -0.39 is 0 Å². The summed E-state index contributed by atoms with van der Waals surface area (Å²) in [4.78, 5) is 3.57. The van der Waals surface area contributed by atoms with E-state index in [1.54, 1.807) is 11.8 Å². The van der Waals surface area contributed by atoms with Crippen LogP contribution in [-0.2, 0) is 6.54 Å². The lowest BCUT2D eigenvalue weighted by Gasteiger charge is -2.30. The maximum atomic E-state index is 6.15. The predicted octanol–water partition coefficient (Wildman–Crippen LogP) is 2.34. The molecule has 100 valence electrons. The van der Waals surface area contributed by atoms with Gasteiger partial charge in [0, 0.05) is 30.1 Å². The molecule has 1 fully saturated rings. The maximum absolute atomic E-state index is 6.15. The van der Waals surface area contributed by atoms with Crippen molar-refractivity contribution in [3.63, 3.8) is 0 Å². The quantitative estimate of drug-likeness (QED) is 0.849. The molecule has 0 saturated carbocycles. The van der Waals surface area contributed by atoms with Crippen LogP contribution in [0.3, 0.4) is 0 Å². The van der Waals surface area contributed by atoms with Gasteiger partial charge in [-0.1, -0.05) is 6.07 Å². The van der Waals surface area contributed by atoms with E-state index in [0.29, 0.717) is 12.6 Å². The number of rotatable bonds is 4. The summed E-state index contributed by atoms with van der Waals surface area (Å²) in [5, 5.41) is 0. The molecule has 0 unspecified atom stereocenters. The summed E-state index contributed by atoms with van der Waals surface area (Å²) in [6.45, 7) is 2.77. The van der Waals surface area contributed by atoms with Gasteiger partial charge in [0.15, 0.2) is 0 Å². The van der Waals surface area contributed by atoms with Crippen molar-refractivity contribution in [2.45, 2.75) is 30.4 Å². The summed E-state index contributed by atoms with van der Waals surface area (Å²) >= 11 is 1.73. The number of likely N-dealkylation sites (tertiary alicyclic amines) is 1. The number of ether oxygens (including phenoxy) is 1. The first-order valence-corrected chi connectivity index (χ1v) is 7.68. The SMILES string of the molecule is CSc1cccc(OC2CCN(C)CC2)c1CN. The Morgan fingerprint density at radius 3 is 2.72 bits per heavy atom. The van der Waals surface area contributed by atoms with Crippen molar-refractivity contribution in [1.29, 1.82) is 0 Å². The smallest absolute Gasteiger partial charge is 0.125 e. The number of nitrogens with zero attached hydrogens (tertiary/aromatic N) is 1. The molecule has 1 heterocycles. The first-order valence-electron chi connectivity index (χ1n) is 6.45. The average Bonchev–Trinajstić information content (AvgIpc) is 2.41. The second kappa shape index (κ2) is 6.45. The normalized spacial score (nSPS) is 17.9. The number of thioether (sulfide) groups is 1. The highest BCUT2D eigenvalue weighted by molar-refractivity contribution is 7.98. The van der Waals surface area contributed by atoms with Crippen LogP contribution >= 0.6 is 11.8 Å². The van der Waals surface area contributed by atoms with Gasteiger partial charge in [0.2, 0.25) is 0 Å². The largest absolute Gasteiger partial charge is 0.490 e. The van der Waals surface area contributed by atoms with Crippen molar-refractivity contribution in [2.75, 3.05) is 26.4 Å². The first kappa shape index (κ1) is 13.7. The lowest BCUT2D eigenvalue weighted by Crippen LogP contribution is -2.35. The van der Waals surface area contributed by atoms with Gasteiger partial charge in [-0.2, -0.15) is 0 Å². The molecule has 0 aliphatic carbocycles. The van der Waals surface area contributed by atoms with E-state index >= 15 is 0 Å². The Morgan fingerprint density at radius 1 is 1.39 bits per heavy atom. The van der Waals surface area contributed by atoms with Crippen LogP contribution in [0.25, 0.3) is 0 Å². The Labute approximate surface area is 114 Å². The van der Waals surface area contributed by atoms with E-state index in [9.17, 15) is 0 Å². The minimum Gasteiger partial charge on any atom is -0.490 e. The minimum atomic E-state index is 0.337. The zero-order valence-electron chi connectivity index (χ0n) is 11.2. The Bertz CT molecular complexity index is 389. The fourth-order valence-electron chi connectivity index (χ4n) is 2.33. The fraction of sp³-hybridized carbons (Fsp3) is 0.571. The molecule has 2 N–H and O–H groups in total. The molecule has 4 heteroatoms. The molecule has 1 aromatic rings. The molecule has 18 heavy (non-hydrogen) atoms. The first-order chi connectivity index (χ1) is 8.74. The third-order valence-electron chi connectivity index (χ3n) is 3.47. The van der Waals surface area contributed by atoms with E-state index in [2.05, 4.69) is 30.3 Å². The number of hydrogen-bond acceptors (Lipinski definition) is 4. The highest BCUT2D eigenvalue weighted by Gasteiger charge is 2.19. The van der Waals surface area contributed by atoms with Gasteiger partial charge in [0.25, 0.3) is 0 Å². The summed E-state index contributed by atoms with van der Waals surface area (Å²) in [6, 6.07) is 6.20. The van der Waals surface area contributed by atoms with Gasteiger partial charge in [0.05, 0.1) is 0 Å². The monoisotopic (exact) mass is 266 g/mol. The molecule has 0 bridgehead atoms. The van der Waals surface area contributed by atoms with E-state index in [1.165, 1.54) is 4.90 Å². The van der Waals surface area contributed by atoms with Crippen LogP contribution in [-0.4, -0.2) is 37.4 Å². The minimum absolute atomic E-state index is 0.337. The summed E-state index contributed by atoms with van der Waals surface area (Å²) in [5.74, 6) is 0.971. The number of benzene rings is 1. The van der Waals surface area contributed by atoms with Gasteiger partial charge in [-0.05, 0) is 38.3 Å². The molecule has 0 aromatic heterocycles. The lowest BCUT2D eigenvalue weighted by atomic mass is 10.1. The molecule has 0 radical (unpaired) electrons. The topological polar surface area (TPSA) is 38.5 Å². The van der Waals surface area contributed by atoms with Crippen LogP contribution in [0, 0.1) is 0 Å². The molecular formula is C14H22N2OS. The second-order valence-corrected chi connectivity index (χ2v) is 5.61. The third-order valence-corrected chi connectivity index (χ3v) is 4.30. The number of hydrogen-bond donors (Lipinski definition) is 1. The van der Waals surface area contributed by atoms with Gasteiger partial charge in [0.1, 0.15) is 11.9 Å². The second-order valence-electron chi connectivity index (χ2n) is 4.76. The predicted molar refractivity (Wildman–Crippen MR) is 77.3 cm³/mol. The van der Waals surface area contributed by atoms with Gasteiger partial charge >= 0.3 is 0 Å². The summed E-state index contributed by atoms with van der Waals surface area (Å²) < 4.78 is 6.15. The van der Waals surface area contributed by atoms with Crippen molar-refractivity contribution in [3.05, 3.63) is 23.8 Å². The van der Waals surface area contributed by atoms with Gasteiger partial charge in [-0.15, -0.1) is 11.8 Å². The van der Waals surface area contributed by atoms with Crippen molar-refractivity contribution in [3.8, 4) is 5.75 Å². The summed E-state index contributed by atoms with van der Waals surface area (Å²) in [7, 11) is 2.16. The van der Waals surface area contributed by atoms with Gasteiger partial charge in [-0.3, -0.25) is 0 Å². The Kier molecular flexibility index (Phi) is 4.92. The molecule has 0 atom stereocenters. The van der Waals surface area contributed by atoms with Gasteiger partial charge in [-0.25, -0.2) is 0 Å². The van der Waals surface area contributed by atoms with Crippen molar-refractivity contribution < 1.29 is 4.74 Å². The Balaban J connectivity index is 2.09. The standard InChI is InChI=1S/C14H22N2OS/c1-16-8-6-11(7-9-16)17-13-4-3-5-14(18-2)12(13)10-15/h3-5,11H,6-10,15H2,1-2H3. The van der Waals surface area contributed by atoms with E-state index in [1.807, 2.05) is 6.07 Å². The van der Waals surface area contributed by atoms with E-state index in [0.717, 1.165) is 37.2 Å². The maximum Gasteiger partial charge on any atom is 0.125 e. The van der Waals surface area contributed by atoms with Crippen molar-refractivity contribution >= 4 is 11.8 Å². The Morgan fingerprint density at radius 2 is 2.11 bits per heavy atom. The summed E-state index contributed by atoms with van der Waals surface area (Å²) in [5.41, 5.74) is 7.00. The molecule has 1 saturated heterocycles. The van der Waals surface area contributed by atoms with Crippen LogP contribution in [0.2, 0.25) is 0 Å². The molecule has 0 spiro atoms. The van der Waals surface area contributed by atoms with Crippen LogP contribution < -0.4 is 10.5 Å². The number of piperidine rings is 1. The lowest BCUT2D eigenvalue weighted by molar-refractivity contribution is 0.113. The molecule has 1 aliphatic heterocycles. The van der Waals surface area contributed by atoms with E-state index in [-0.39, 0.29) is 0 Å². The molecular weight excluding hydrogens is 244 g/mol. The molecule has 2 rings (SSSR count). The molecule has 3 nitrogen and oxygen atoms in total. The van der Waals surface area contributed by atoms with Crippen LogP contribution in [0.5, 0.6) is 5.75 Å². The zero-order valence-corrected chi connectivity index (χ0v) is 12.0. The molecule has 1 aromatic carbocycles. The zero-order chi connectivity index (χ0) is 13.0. The summed E-state index contributed by atoms with van der Waals surface area (Å²) in [6.07, 6.45) is 4.62.